The molecule has 1 aliphatic heterocycles. The molecule has 1 fully saturated rings. The normalized spacial score (nSPS) is 16.9. The minimum atomic E-state index is -0.586. The van der Waals surface area contributed by atoms with Gasteiger partial charge in [-0.2, -0.15) is 0 Å². The molecular weight excluding hydrogens is 717 g/mol. The molecule has 276 valence electrons. The molecule has 9 nitrogen and oxygen atoms in total. The molecule has 11 heteroatoms. The maximum absolute atomic E-state index is 12.6. The van der Waals surface area contributed by atoms with Crippen LogP contribution in [0.2, 0.25) is 0 Å². The Morgan fingerprint density at radius 1 is 0.815 bits per heavy atom. The monoisotopic (exact) mass is 758 g/mol. The van der Waals surface area contributed by atoms with E-state index in [1.54, 1.807) is 35.2 Å². The fourth-order valence-corrected chi connectivity index (χ4v) is 8.46. The molecule has 1 aromatic heterocycles. The number of nitrogen functional groups attached to an aromatic ring is 1. The summed E-state index contributed by atoms with van der Waals surface area (Å²) in [6, 6.07) is 39.5. The minimum absolute atomic E-state index is 0.00839. The predicted octanol–water partition coefficient (Wildman–Crippen LogP) is 8.80. The van der Waals surface area contributed by atoms with Crippen LogP contribution in [0.15, 0.2) is 126 Å². The molecule has 7 rings (SSSR count). The fraction of sp³-hybridized carbons (Fsp3) is 0.233. The van der Waals surface area contributed by atoms with Crippen molar-refractivity contribution >= 4 is 56.5 Å². The third kappa shape index (κ3) is 9.73. The maximum atomic E-state index is 12.6. The second-order valence-electron chi connectivity index (χ2n) is 13.2. The zero-order chi connectivity index (χ0) is 37.3. The average molecular weight is 759 g/mol. The Bertz CT molecular complexity index is 2180. The van der Waals surface area contributed by atoms with Crippen molar-refractivity contribution in [2.45, 2.75) is 61.7 Å². The van der Waals surface area contributed by atoms with Crippen LogP contribution in [0.1, 0.15) is 60.3 Å². The van der Waals surface area contributed by atoms with E-state index in [-0.39, 0.29) is 43.5 Å². The quantitative estimate of drug-likeness (QED) is 0.0640. The van der Waals surface area contributed by atoms with Crippen molar-refractivity contribution in [2.75, 3.05) is 16.8 Å². The number of rotatable bonds is 14. The second-order valence-corrected chi connectivity index (χ2v) is 15.5. The summed E-state index contributed by atoms with van der Waals surface area (Å²) in [5.41, 5.74) is 13.8. The van der Waals surface area contributed by atoms with Crippen LogP contribution in [0.25, 0.3) is 21.3 Å². The molecule has 2 heterocycles. The van der Waals surface area contributed by atoms with E-state index in [2.05, 4.69) is 34.9 Å². The molecule has 0 saturated carbocycles. The van der Waals surface area contributed by atoms with Crippen molar-refractivity contribution in [3.05, 3.63) is 144 Å². The summed E-state index contributed by atoms with van der Waals surface area (Å²) in [5.74, 6) is 0.442. The Balaban J connectivity index is 0.985. The van der Waals surface area contributed by atoms with Crippen molar-refractivity contribution in [1.29, 1.82) is 0 Å². The van der Waals surface area contributed by atoms with Crippen LogP contribution in [-0.4, -0.2) is 33.8 Å². The number of nitrogens with one attached hydrogen (secondary N) is 2. The topological polar surface area (TPSA) is 136 Å². The van der Waals surface area contributed by atoms with Gasteiger partial charge in [-0.25, -0.2) is 4.98 Å². The number of para-hydroxylation sites is 3. The highest BCUT2D eigenvalue weighted by atomic mass is 32.2. The lowest BCUT2D eigenvalue weighted by Gasteiger charge is -2.36. The second kappa shape index (κ2) is 17.9. The van der Waals surface area contributed by atoms with Crippen molar-refractivity contribution < 1.29 is 24.2 Å². The number of fused-ring (bicyclic) bond motifs is 1. The zero-order valence-electron chi connectivity index (χ0n) is 29.7. The number of nitrogens with two attached hydrogens (primary N) is 1. The van der Waals surface area contributed by atoms with Gasteiger partial charge in [0.2, 0.25) is 11.8 Å². The van der Waals surface area contributed by atoms with Gasteiger partial charge >= 0.3 is 0 Å². The number of aliphatic hydroxyl groups excluding tert-OH is 1. The van der Waals surface area contributed by atoms with Crippen LogP contribution in [0.3, 0.4) is 0 Å². The smallest absolute Gasteiger partial charge is 0.224 e. The Hall–Kier alpha value is -5.04. The minimum Gasteiger partial charge on any atom is -0.397 e. The number of thioether (sulfide) groups is 1. The summed E-state index contributed by atoms with van der Waals surface area (Å²) in [6.07, 6.45) is 0.724. The summed E-state index contributed by atoms with van der Waals surface area (Å²) in [4.78, 5) is 29.8. The van der Waals surface area contributed by atoms with Gasteiger partial charge in [0, 0.05) is 37.1 Å². The average Bonchev–Trinajstić information content (AvgIpc) is 3.63. The summed E-state index contributed by atoms with van der Waals surface area (Å²) < 4.78 is 15.5. The number of aliphatic hydroxyl groups is 1. The first-order chi connectivity index (χ1) is 26.4. The Labute approximate surface area is 322 Å². The van der Waals surface area contributed by atoms with E-state index in [1.807, 2.05) is 84.9 Å². The lowest BCUT2D eigenvalue weighted by Crippen LogP contribution is -2.31. The van der Waals surface area contributed by atoms with Gasteiger partial charge in [-0.05, 0) is 70.6 Å². The lowest BCUT2D eigenvalue weighted by atomic mass is 9.99. The number of aromatic nitrogens is 1. The first kappa shape index (κ1) is 37.3. The SMILES string of the molecule is Nc1ccccc1NC(=O)CCCC(=O)NCc1cccc(-c2cccc([C@H]3O[C@@H](CSc4nc5ccccc5s4)C[C@@H](c4ccc(CO)cc4)O3)c2)c1. The first-order valence-corrected chi connectivity index (χ1v) is 19.8. The standard InChI is InChI=1S/C43H42N4O5S2/c44-35-12-1-2-13-36(35)46-41(50)17-7-16-40(49)45-25-29-8-5-9-31(22-29)32-10-6-11-33(23-32)42-51-34(24-38(52-42)30-20-18-28(26-48)19-21-30)27-53-43-47-37-14-3-4-15-39(37)54-43/h1-6,8-15,18-23,34,38,42,48H,7,16-17,24-27,44H2,(H,45,49)(H,46,50)/t34-,38+,42+/m1/s1. The van der Waals surface area contributed by atoms with E-state index in [1.165, 1.54) is 4.70 Å². The van der Waals surface area contributed by atoms with E-state index < -0.39 is 6.29 Å². The number of carbonyl (C=O) groups is 2. The summed E-state index contributed by atoms with van der Waals surface area (Å²) >= 11 is 3.40. The molecule has 0 spiro atoms. The molecule has 2 amide bonds. The number of thiazole rings is 1. The molecule has 5 N–H and O–H groups in total. The Morgan fingerprint density at radius 2 is 1.57 bits per heavy atom. The van der Waals surface area contributed by atoms with Crippen molar-refractivity contribution in [2.24, 2.45) is 0 Å². The summed E-state index contributed by atoms with van der Waals surface area (Å²) in [5, 5.41) is 15.4. The summed E-state index contributed by atoms with van der Waals surface area (Å²) in [6.45, 7) is 0.365. The molecule has 1 aliphatic rings. The van der Waals surface area contributed by atoms with Crippen LogP contribution < -0.4 is 16.4 Å². The molecule has 54 heavy (non-hydrogen) atoms. The van der Waals surface area contributed by atoms with Gasteiger partial charge in [-0.1, -0.05) is 96.7 Å². The molecule has 0 aliphatic carbocycles. The highest BCUT2D eigenvalue weighted by molar-refractivity contribution is 8.01. The molecule has 3 atom stereocenters. The van der Waals surface area contributed by atoms with Crippen molar-refractivity contribution in [3.63, 3.8) is 0 Å². The highest BCUT2D eigenvalue weighted by Crippen LogP contribution is 2.41. The first-order valence-electron chi connectivity index (χ1n) is 18.0. The van der Waals surface area contributed by atoms with Gasteiger partial charge in [0.15, 0.2) is 10.6 Å². The van der Waals surface area contributed by atoms with E-state index in [0.29, 0.717) is 30.8 Å². The van der Waals surface area contributed by atoms with Gasteiger partial charge in [0.25, 0.3) is 0 Å². The molecular formula is C43H42N4O5S2. The van der Waals surface area contributed by atoms with Gasteiger partial charge in [-0.15, -0.1) is 11.3 Å². The number of amides is 2. The third-order valence-corrected chi connectivity index (χ3v) is 11.5. The van der Waals surface area contributed by atoms with E-state index >= 15 is 0 Å². The van der Waals surface area contributed by atoms with Gasteiger partial charge in [0.1, 0.15) is 0 Å². The van der Waals surface area contributed by atoms with Crippen LogP contribution in [0, 0.1) is 0 Å². The molecule has 6 aromatic rings. The number of benzene rings is 5. The highest BCUT2D eigenvalue weighted by Gasteiger charge is 2.32. The zero-order valence-corrected chi connectivity index (χ0v) is 31.3. The third-order valence-electron chi connectivity index (χ3n) is 9.23. The van der Waals surface area contributed by atoms with E-state index in [9.17, 15) is 14.7 Å². The van der Waals surface area contributed by atoms with Crippen LogP contribution in [0.4, 0.5) is 11.4 Å². The van der Waals surface area contributed by atoms with Crippen LogP contribution in [-0.2, 0) is 32.2 Å². The van der Waals surface area contributed by atoms with Crippen LogP contribution >= 0.6 is 23.1 Å². The summed E-state index contributed by atoms with van der Waals surface area (Å²) in [7, 11) is 0. The van der Waals surface area contributed by atoms with Gasteiger partial charge in [0.05, 0.1) is 40.4 Å². The fourth-order valence-electron chi connectivity index (χ4n) is 6.35. The number of hydrogen-bond donors (Lipinski definition) is 4. The number of anilines is 2. The Morgan fingerprint density at radius 3 is 2.39 bits per heavy atom. The number of carbonyl (C=O) groups excluding carboxylic acids is 2. The molecule has 0 radical (unpaired) electrons. The van der Waals surface area contributed by atoms with E-state index in [0.717, 1.165) is 49.0 Å². The predicted molar refractivity (Wildman–Crippen MR) is 216 cm³/mol. The number of nitrogens with zero attached hydrogens (tertiary/aromatic N) is 1. The molecule has 0 unspecified atom stereocenters. The van der Waals surface area contributed by atoms with Crippen molar-refractivity contribution in [1.82, 2.24) is 10.3 Å². The number of hydrogen-bond acceptors (Lipinski definition) is 9. The largest absolute Gasteiger partial charge is 0.397 e. The molecule has 5 aromatic carbocycles. The molecule has 1 saturated heterocycles. The van der Waals surface area contributed by atoms with Gasteiger partial charge in [-0.3, -0.25) is 9.59 Å². The van der Waals surface area contributed by atoms with Gasteiger partial charge < -0.3 is 30.9 Å². The number of ether oxygens (including phenoxy) is 2. The molecule has 0 bridgehead atoms. The Kier molecular flexibility index (Phi) is 12.3. The van der Waals surface area contributed by atoms with E-state index in [4.69, 9.17) is 20.2 Å². The van der Waals surface area contributed by atoms with Crippen molar-refractivity contribution in [3.8, 4) is 11.1 Å². The van der Waals surface area contributed by atoms with Crippen LogP contribution in [0.5, 0.6) is 0 Å². The lowest BCUT2D eigenvalue weighted by molar-refractivity contribution is -0.245. The maximum Gasteiger partial charge on any atom is 0.224 e.